The van der Waals surface area contributed by atoms with Gasteiger partial charge >= 0.3 is 0 Å². The zero-order chi connectivity index (χ0) is 15.1. The topological polar surface area (TPSA) is 78.5 Å². The van der Waals surface area contributed by atoms with Crippen molar-refractivity contribution in [3.05, 3.63) is 52.3 Å². The van der Waals surface area contributed by atoms with E-state index in [9.17, 15) is 4.79 Å². The number of fused-ring (bicyclic) bond motifs is 1. The number of aromatic nitrogens is 6. The van der Waals surface area contributed by atoms with Crippen molar-refractivity contribution in [2.45, 2.75) is 26.3 Å². The molecule has 0 spiro atoms. The minimum atomic E-state index is 0.00155. The summed E-state index contributed by atoms with van der Waals surface area (Å²) in [5.74, 6) is 0.853. The fourth-order valence-corrected chi connectivity index (χ4v) is 2.84. The van der Waals surface area contributed by atoms with Crippen molar-refractivity contribution in [2.24, 2.45) is 0 Å². The average Bonchev–Trinajstić information content (AvgIpc) is 3.18. The molecule has 4 rings (SSSR count). The molecule has 3 aromatic rings. The Morgan fingerprint density at radius 1 is 1.23 bits per heavy atom. The lowest BCUT2D eigenvalue weighted by Crippen LogP contribution is -2.20. The summed E-state index contributed by atoms with van der Waals surface area (Å²) < 4.78 is 3.33. The lowest BCUT2D eigenvalue weighted by atomic mass is 10.1. The summed E-state index contributed by atoms with van der Waals surface area (Å²) in [6.45, 7) is 2.77. The molecule has 110 valence electrons. The second-order valence-corrected chi connectivity index (χ2v) is 5.43. The third-order valence-corrected chi connectivity index (χ3v) is 3.89. The Hall–Kier alpha value is -2.83. The lowest BCUT2D eigenvalue weighted by molar-refractivity contribution is 0.712. The highest BCUT2D eigenvalue weighted by Gasteiger charge is 2.17. The molecule has 3 heterocycles. The molecule has 1 aliphatic rings. The fraction of sp³-hybridized carbons (Fsp3) is 0.267. The van der Waals surface area contributed by atoms with Crippen LogP contribution in [0.15, 0.2) is 35.4 Å². The van der Waals surface area contributed by atoms with Crippen molar-refractivity contribution in [3.8, 4) is 16.9 Å². The predicted octanol–water partition coefficient (Wildman–Crippen LogP) is 1.14. The molecule has 0 atom stereocenters. The van der Waals surface area contributed by atoms with Gasteiger partial charge in [0.15, 0.2) is 0 Å². The first-order chi connectivity index (χ1) is 10.7. The summed E-state index contributed by atoms with van der Waals surface area (Å²) in [5, 5.41) is 11.3. The maximum absolute atomic E-state index is 12.3. The van der Waals surface area contributed by atoms with Crippen molar-refractivity contribution in [1.29, 1.82) is 0 Å². The Bertz CT molecular complexity index is 897. The Kier molecular flexibility index (Phi) is 2.85. The van der Waals surface area contributed by atoms with E-state index in [4.69, 9.17) is 0 Å². The zero-order valence-corrected chi connectivity index (χ0v) is 12.1. The van der Waals surface area contributed by atoms with Crippen molar-refractivity contribution in [3.63, 3.8) is 0 Å². The van der Waals surface area contributed by atoms with Crippen molar-refractivity contribution < 1.29 is 0 Å². The van der Waals surface area contributed by atoms with Crippen LogP contribution in [0, 0.1) is 6.92 Å². The van der Waals surface area contributed by atoms with E-state index in [1.54, 1.807) is 15.3 Å². The van der Waals surface area contributed by atoms with Gasteiger partial charge in [0.25, 0.3) is 5.56 Å². The van der Waals surface area contributed by atoms with Crippen LogP contribution >= 0.6 is 0 Å². The second-order valence-electron chi connectivity index (χ2n) is 5.43. The number of tetrazole rings is 1. The smallest absolute Gasteiger partial charge is 0.254 e. The highest BCUT2D eigenvalue weighted by molar-refractivity contribution is 5.70. The molecule has 0 N–H and O–H groups in total. The third kappa shape index (κ3) is 2.02. The lowest BCUT2D eigenvalue weighted by Gasteiger charge is -2.11. The molecule has 0 amide bonds. The number of rotatable bonds is 2. The van der Waals surface area contributed by atoms with E-state index in [1.165, 1.54) is 6.33 Å². The van der Waals surface area contributed by atoms with Gasteiger partial charge in [-0.2, -0.15) is 4.68 Å². The highest BCUT2D eigenvalue weighted by Crippen LogP contribution is 2.26. The standard InChI is InChI=1S/C15H14N6O/c1-10-4-5-13(21-9-16-18-19-21)11(7-10)12-8-15(22)20-6-2-3-14(20)17-12/h4-5,7-9H,2-3,6H2,1H3. The minimum absolute atomic E-state index is 0.00155. The first-order valence-electron chi connectivity index (χ1n) is 7.17. The predicted molar refractivity (Wildman–Crippen MR) is 79.7 cm³/mol. The summed E-state index contributed by atoms with van der Waals surface area (Å²) in [7, 11) is 0. The van der Waals surface area contributed by atoms with Crippen LogP contribution in [0.5, 0.6) is 0 Å². The minimum Gasteiger partial charge on any atom is -0.297 e. The molecule has 0 bridgehead atoms. The Morgan fingerprint density at radius 2 is 2.14 bits per heavy atom. The molecule has 22 heavy (non-hydrogen) atoms. The zero-order valence-electron chi connectivity index (χ0n) is 12.1. The summed E-state index contributed by atoms with van der Waals surface area (Å²) in [4.78, 5) is 16.9. The Labute approximate surface area is 126 Å². The summed E-state index contributed by atoms with van der Waals surface area (Å²) in [6, 6.07) is 7.52. The van der Waals surface area contributed by atoms with E-state index in [0.717, 1.165) is 42.0 Å². The van der Waals surface area contributed by atoms with Crippen LogP contribution in [0.1, 0.15) is 17.8 Å². The number of hydrogen-bond donors (Lipinski definition) is 0. The second kappa shape index (κ2) is 4.87. The molecule has 7 nitrogen and oxygen atoms in total. The van der Waals surface area contributed by atoms with Crippen LogP contribution in [0.2, 0.25) is 0 Å². The van der Waals surface area contributed by atoms with Gasteiger partial charge in [0.2, 0.25) is 0 Å². The molecule has 0 saturated carbocycles. The number of hydrogen-bond acceptors (Lipinski definition) is 5. The van der Waals surface area contributed by atoms with Crippen LogP contribution in [0.4, 0.5) is 0 Å². The van der Waals surface area contributed by atoms with Gasteiger partial charge in [-0.1, -0.05) is 11.6 Å². The Balaban J connectivity index is 1.95. The molecule has 1 aromatic carbocycles. The fourth-order valence-electron chi connectivity index (χ4n) is 2.84. The van der Waals surface area contributed by atoms with Gasteiger partial charge in [0.05, 0.1) is 11.4 Å². The SMILES string of the molecule is Cc1ccc(-n2cnnn2)c(-c2cc(=O)n3c(n2)CCC3)c1. The summed E-state index contributed by atoms with van der Waals surface area (Å²) >= 11 is 0. The molecular formula is C15H14N6O. The molecule has 0 aliphatic carbocycles. The number of aryl methyl sites for hydroxylation is 2. The molecule has 0 radical (unpaired) electrons. The van der Waals surface area contributed by atoms with Crippen LogP contribution in [-0.4, -0.2) is 29.8 Å². The maximum Gasteiger partial charge on any atom is 0.254 e. The molecule has 1 aliphatic heterocycles. The monoisotopic (exact) mass is 294 g/mol. The van der Waals surface area contributed by atoms with E-state index in [2.05, 4.69) is 20.5 Å². The molecule has 0 fully saturated rings. The summed E-state index contributed by atoms with van der Waals surface area (Å²) in [6.07, 6.45) is 3.35. The quantitative estimate of drug-likeness (QED) is 0.708. The van der Waals surface area contributed by atoms with E-state index >= 15 is 0 Å². The van der Waals surface area contributed by atoms with Gasteiger partial charge in [-0.15, -0.1) is 5.10 Å². The van der Waals surface area contributed by atoms with E-state index in [-0.39, 0.29) is 5.56 Å². The molecule has 0 unspecified atom stereocenters. The van der Waals surface area contributed by atoms with Crippen molar-refractivity contribution in [1.82, 2.24) is 29.8 Å². The van der Waals surface area contributed by atoms with Gasteiger partial charge < -0.3 is 0 Å². The van der Waals surface area contributed by atoms with Crippen LogP contribution in [0.25, 0.3) is 16.9 Å². The van der Waals surface area contributed by atoms with Crippen LogP contribution in [-0.2, 0) is 13.0 Å². The van der Waals surface area contributed by atoms with E-state index in [1.807, 2.05) is 25.1 Å². The summed E-state index contributed by atoms with van der Waals surface area (Å²) in [5.41, 5.74) is 3.44. The normalized spacial score (nSPS) is 13.3. The van der Waals surface area contributed by atoms with E-state index < -0.39 is 0 Å². The first-order valence-corrected chi connectivity index (χ1v) is 7.17. The van der Waals surface area contributed by atoms with Crippen molar-refractivity contribution >= 4 is 0 Å². The highest BCUT2D eigenvalue weighted by atomic mass is 16.1. The molecule has 2 aromatic heterocycles. The van der Waals surface area contributed by atoms with Gasteiger partial charge in [0, 0.05) is 24.6 Å². The molecule has 0 saturated heterocycles. The first kappa shape index (κ1) is 12.9. The van der Waals surface area contributed by atoms with Gasteiger partial charge in [0.1, 0.15) is 12.2 Å². The van der Waals surface area contributed by atoms with Gasteiger partial charge in [-0.05, 0) is 35.9 Å². The molecular weight excluding hydrogens is 280 g/mol. The molecule has 7 heteroatoms. The average molecular weight is 294 g/mol. The van der Waals surface area contributed by atoms with Gasteiger partial charge in [-0.3, -0.25) is 9.36 Å². The van der Waals surface area contributed by atoms with Crippen LogP contribution < -0.4 is 5.56 Å². The Morgan fingerprint density at radius 3 is 2.95 bits per heavy atom. The number of nitrogens with zero attached hydrogens (tertiary/aromatic N) is 6. The maximum atomic E-state index is 12.3. The van der Waals surface area contributed by atoms with E-state index in [0.29, 0.717) is 5.69 Å². The van der Waals surface area contributed by atoms with Crippen LogP contribution in [0.3, 0.4) is 0 Å². The third-order valence-electron chi connectivity index (χ3n) is 3.89. The van der Waals surface area contributed by atoms with Crippen molar-refractivity contribution in [2.75, 3.05) is 0 Å². The number of benzene rings is 1. The van der Waals surface area contributed by atoms with Gasteiger partial charge in [-0.25, -0.2) is 4.98 Å². The largest absolute Gasteiger partial charge is 0.297 e.